The summed E-state index contributed by atoms with van der Waals surface area (Å²) >= 11 is 0. The maximum Gasteiger partial charge on any atom is 0.254 e. The van der Waals surface area contributed by atoms with E-state index >= 15 is 0 Å². The number of para-hydroxylation sites is 2. The molecule has 1 aromatic carbocycles. The van der Waals surface area contributed by atoms with E-state index in [0.29, 0.717) is 25.6 Å². The van der Waals surface area contributed by atoms with Gasteiger partial charge in [-0.1, -0.05) is 19.1 Å². The number of carbonyl (C=O) groups excluding carboxylic acids is 1. The van der Waals surface area contributed by atoms with E-state index in [9.17, 15) is 4.79 Å². The molecule has 0 radical (unpaired) electrons. The Morgan fingerprint density at radius 1 is 1.21 bits per heavy atom. The van der Waals surface area contributed by atoms with Gasteiger partial charge in [-0.15, -0.1) is 0 Å². The van der Waals surface area contributed by atoms with Gasteiger partial charge in [0.1, 0.15) is 6.73 Å². The molecule has 0 bridgehead atoms. The number of hydrogen-bond acceptors (Lipinski definition) is 5. The number of ether oxygens (including phenoxy) is 1. The monoisotopic (exact) mass is 326 g/mol. The van der Waals surface area contributed by atoms with E-state index in [4.69, 9.17) is 4.74 Å². The van der Waals surface area contributed by atoms with Crippen LogP contribution in [0.2, 0.25) is 0 Å². The largest absolute Gasteiger partial charge is 0.361 e. The molecule has 0 atom stereocenters. The number of hydrogen-bond donors (Lipinski definition) is 1. The fourth-order valence-electron chi connectivity index (χ4n) is 2.69. The molecule has 0 unspecified atom stereocenters. The van der Waals surface area contributed by atoms with Crippen LogP contribution in [0.1, 0.15) is 23.7 Å². The van der Waals surface area contributed by atoms with Gasteiger partial charge in [-0.05, 0) is 30.7 Å². The number of nitrogens with zero attached hydrogens (tertiary/aromatic N) is 3. The molecular weight excluding hydrogens is 304 g/mol. The van der Waals surface area contributed by atoms with Crippen molar-refractivity contribution in [1.29, 1.82) is 0 Å². The second kappa shape index (κ2) is 7.79. The lowest BCUT2D eigenvalue weighted by molar-refractivity contribution is 0.0953. The number of pyridine rings is 1. The highest BCUT2D eigenvalue weighted by Crippen LogP contribution is 2.34. The lowest BCUT2D eigenvalue weighted by Gasteiger charge is -2.22. The number of amides is 1. The minimum atomic E-state index is -0.124. The Balaban J connectivity index is 1.63. The van der Waals surface area contributed by atoms with Crippen molar-refractivity contribution in [3.05, 3.63) is 54.4 Å². The van der Waals surface area contributed by atoms with E-state index in [1.165, 1.54) is 0 Å². The first-order valence-electron chi connectivity index (χ1n) is 8.14. The molecule has 6 nitrogen and oxygen atoms in total. The van der Waals surface area contributed by atoms with Crippen LogP contribution in [0.4, 0.5) is 11.4 Å². The molecule has 0 saturated heterocycles. The topological polar surface area (TPSA) is 57.7 Å². The minimum Gasteiger partial charge on any atom is -0.361 e. The number of carbonyl (C=O) groups is 1. The quantitative estimate of drug-likeness (QED) is 0.792. The van der Waals surface area contributed by atoms with Crippen LogP contribution in [0.25, 0.3) is 0 Å². The molecule has 1 N–H and O–H groups in total. The molecule has 0 spiro atoms. The zero-order chi connectivity index (χ0) is 16.8. The average molecular weight is 326 g/mol. The molecule has 126 valence electrons. The van der Waals surface area contributed by atoms with Crippen LogP contribution in [0.15, 0.2) is 48.8 Å². The van der Waals surface area contributed by atoms with Crippen molar-refractivity contribution in [2.45, 2.75) is 13.3 Å². The van der Waals surface area contributed by atoms with Gasteiger partial charge in [0.2, 0.25) is 0 Å². The predicted octanol–water partition coefficient (Wildman–Crippen LogP) is 2.44. The molecule has 0 fully saturated rings. The third-order valence-corrected chi connectivity index (χ3v) is 3.85. The summed E-state index contributed by atoms with van der Waals surface area (Å²) in [6.07, 6.45) is 4.22. The van der Waals surface area contributed by atoms with Crippen LogP contribution in [0, 0.1) is 0 Å². The first kappa shape index (κ1) is 16.3. The Morgan fingerprint density at radius 3 is 2.71 bits per heavy atom. The molecule has 6 heteroatoms. The van der Waals surface area contributed by atoms with Crippen molar-refractivity contribution in [3.8, 4) is 0 Å². The van der Waals surface area contributed by atoms with E-state index in [-0.39, 0.29) is 5.91 Å². The lowest BCUT2D eigenvalue weighted by Crippen LogP contribution is -2.40. The van der Waals surface area contributed by atoms with Gasteiger partial charge in [0.05, 0.1) is 30.3 Å². The lowest BCUT2D eigenvalue weighted by atomic mass is 10.2. The number of benzene rings is 1. The highest BCUT2D eigenvalue weighted by Gasteiger charge is 2.25. The molecular formula is C18H22N4O2. The molecule has 0 aliphatic carbocycles. The van der Waals surface area contributed by atoms with Crippen molar-refractivity contribution in [2.24, 2.45) is 0 Å². The van der Waals surface area contributed by atoms with Gasteiger partial charge in [-0.25, -0.2) is 0 Å². The highest BCUT2D eigenvalue weighted by atomic mass is 16.5. The predicted molar refractivity (Wildman–Crippen MR) is 93.9 cm³/mol. The maximum absolute atomic E-state index is 12.2. The molecule has 0 saturated carbocycles. The van der Waals surface area contributed by atoms with E-state index in [1.54, 1.807) is 24.5 Å². The van der Waals surface area contributed by atoms with Crippen LogP contribution >= 0.6 is 0 Å². The molecule has 3 rings (SSSR count). The van der Waals surface area contributed by atoms with Crippen molar-refractivity contribution in [2.75, 3.05) is 36.5 Å². The standard InChI is InChI=1S/C18H22N4O2/c1-2-10-24-14-22-13-21(16-7-3-4-8-17(16)22)12-20-18(23)15-6-5-9-19-11-15/h3-9,11H,2,10,12-14H2,1H3,(H,20,23). The second-order valence-corrected chi connectivity index (χ2v) is 5.65. The molecule has 24 heavy (non-hydrogen) atoms. The Kier molecular flexibility index (Phi) is 5.28. The van der Waals surface area contributed by atoms with Gasteiger partial charge in [0.25, 0.3) is 5.91 Å². The van der Waals surface area contributed by atoms with Crippen molar-refractivity contribution in [3.63, 3.8) is 0 Å². The summed E-state index contributed by atoms with van der Waals surface area (Å²) in [5.74, 6) is -0.124. The van der Waals surface area contributed by atoms with E-state index in [1.807, 2.05) is 12.1 Å². The summed E-state index contributed by atoms with van der Waals surface area (Å²) in [4.78, 5) is 20.5. The molecule has 1 aromatic heterocycles. The van der Waals surface area contributed by atoms with E-state index < -0.39 is 0 Å². The number of aromatic nitrogens is 1. The first-order chi connectivity index (χ1) is 11.8. The van der Waals surface area contributed by atoms with Crippen LogP contribution in [0.3, 0.4) is 0 Å². The molecule has 2 heterocycles. The number of anilines is 2. The van der Waals surface area contributed by atoms with Crippen molar-refractivity contribution >= 4 is 17.3 Å². The molecule has 2 aromatic rings. The fraction of sp³-hybridized carbons (Fsp3) is 0.333. The third kappa shape index (κ3) is 3.65. The summed E-state index contributed by atoms with van der Waals surface area (Å²) in [6, 6.07) is 11.7. The number of fused-ring (bicyclic) bond motifs is 1. The van der Waals surface area contributed by atoms with Crippen LogP contribution < -0.4 is 15.1 Å². The summed E-state index contributed by atoms with van der Waals surface area (Å²) in [7, 11) is 0. The van der Waals surface area contributed by atoms with Gasteiger partial charge < -0.3 is 19.9 Å². The van der Waals surface area contributed by atoms with Crippen molar-refractivity contribution < 1.29 is 9.53 Å². The Hall–Kier alpha value is -2.60. The second-order valence-electron chi connectivity index (χ2n) is 5.65. The summed E-state index contributed by atoms with van der Waals surface area (Å²) in [5, 5.41) is 2.95. The third-order valence-electron chi connectivity index (χ3n) is 3.85. The summed E-state index contributed by atoms with van der Waals surface area (Å²) < 4.78 is 5.67. The van der Waals surface area contributed by atoms with E-state index in [2.05, 4.69) is 39.2 Å². The SMILES string of the molecule is CCCOCN1CN(CNC(=O)c2cccnc2)c2ccccc21. The normalized spacial score (nSPS) is 13.0. The van der Waals surface area contributed by atoms with Crippen LogP contribution in [-0.4, -0.2) is 37.6 Å². The minimum absolute atomic E-state index is 0.124. The Morgan fingerprint density at radius 2 is 2.00 bits per heavy atom. The Bertz CT molecular complexity index is 678. The van der Waals surface area contributed by atoms with Gasteiger partial charge in [-0.3, -0.25) is 9.78 Å². The van der Waals surface area contributed by atoms with Gasteiger partial charge in [0, 0.05) is 19.0 Å². The van der Waals surface area contributed by atoms with Crippen molar-refractivity contribution in [1.82, 2.24) is 10.3 Å². The first-order valence-corrected chi connectivity index (χ1v) is 8.14. The maximum atomic E-state index is 12.2. The molecule has 1 aliphatic rings. The molecule has 1 amide bonds. The smallest absolute Gasteiger partial charge is 0.254 e. The average Bonchev–Trinajstić information content (AvgIpc) is 2.99. The van der Waals surface area contributed by atoms with Crippen LogP contribution in [0.5, 0.6) is 0 Å². The molecule has 1 aliphatic heterocycles. The number of nitrogens with one attached hydrogen (secondary N) is 1. The zero-order valence-corrected chi connectivity index (χ0v) is 13.8. The highest BCUT2D eigenvalue weighted by molar-refractivity contribution is 5.94. The van der Waals surface area contributed by atoms with E-state index in [0.717, 1.165) is 24.4 Å². The summed E-state index contributed by atoms with van der Waals surface area (Å²) in [6.45, 7) is 4.53. The Labute approximate surface area is 142 Å². The van der Waals surface area contributed by atoms with Gasteiger partial charge in [-0.2, -0.15) is 0 Å². The number of rotatable bonds is 7. The summed E-state index contributed by atoms with van der Waals surface area (Å²) in [5.41, 5.74) is 2.79. The van der Waals surface area contributed by atoms with Crippen LogP contribution in [-0.2, 0) is 4.74 Å². The zero-order valence-electron chi connectivity index (χ0n) is 13.8. The fourth-order valence-corrected chi connectivity index (χ4v) is 2.69. The van der Waals surface area contributed by atoms with Gasteiger partial charge >= 0.3 is 0 Å². The van der Waals surface area contributed by atoms with Gasteiger partial charge in [0.15, 0.2) is 0 Å².